The van der Waals surface area contributed by atoms with E-state index in [9.17, 15) is 8.78 Å². The van der Waals surface area contributed by atoms with Crippen LogP contribution in [0, 0.1) is 72.3 Å². The summed E-state index contributed by atoms with van der Waals surface area (Å²) < 4.78 is 31.4. The third-order valence-corrected chi connectivity index (χ3v) is 7.78. The molecule has 53 heavy (non-hydrogen) atoms. The Hall–Kier alpha value is -6.80. The average Bonchev–Trinajstić information content (AvgIpc) is 3.67. The Morgan fingerprint density at radius 2 is 1.17 bits per heavy atom. The van der Waals surface area contributed by atoms with Gasteiger partial charge in [-0.2, -0.15) is 10.5 Å². The van der Waals surface area contributed by atoms with Crippen molar-refractivity contribution in [2.75, 3.05) is 38.0 Å². The molecule has 6 rings (SSSR count). The van der Waals surface area contributed by atoms with Gasteiger partial charge in [0.2, 0.25) is 0 Å². The van der Waals surface area contributed by atoms with E-state index in [2.05, 4.69) is 53.9 Å². The molecule has 0 radical (unpaired) electrons. The number of halogens is 3. The SMILES string of the molecule is Brc1ccccn1.C#Cc1c(N(C)C)nn(-c2cc(F)cc(C#N)c2)c1C.Cc1c(C#Cc2ccccn2)c(N(C)C)nn1-c1cc(F)cc(C#N)c1. The van der Waals surface area contributed by atoms with Crippen LogP contribution in [-0.4, -0.2) is 57.7 Å². The lowest BCUT2D eigenvalue weighted by Crippen LogP contribution is -2.11. The van der Waals surface area contributed by atoms with Crippen LogP contribution in [0.15, 0.2) is 89.8 Å². The minimum atomic E-state index is -0.485. The molecule has 6 aromatic rings. The van der Waals surface area contributed by atoms with Crippen LogP contribution in [0.2, 0.25) is 0 Å². The molecule has 13 heteroatoms. The second-order valence-electron chi connectivity index (χ2n) is 11.6. The zero-order chi connectivity index (χ0) is 38.7. The summed E-state index contributed by atoms with van der Waals surface area (Å²) in [5.74, 6) is 9.06. The summed E-state index contributed by atoms with van der Waals surface area (Å²) in [7, 11) is 7.40. The van der Waals surface area contributed by atoms with E-state index >= 15 is 0 Å². The number of benzene rings is 2. The Morgan fingerprint density at radius 1 is 0.679 bits per heavy atom. The van der Waals surface area contributed by atoms with Crippen molar-refractivity contribution in [2.24, 2.45) is 0 Å². The van der Waals surface area contributed by atoms with E-state index < -0.39 is 11.6 Å². The third-order valence-electron chi connectivity index (χ3n) is 7.31. The topological polar surface area (TPSA) is 115 Å². The number of rotatable bonds is 4. The maximum absolute atomic E-state index is 13.8. The highest BCUT2D eigenvalue weighted by Gasteiger charge is 2.18. The molecular formula is C40H33BrF2N10. The first-order valence-electron chi connectivity index (χ1n) is 15.8. The molecule has 0 saturated heterocycles. The number of anilines is 2. The molecule has 4 aromatic heterocycles. The van der Waals surface area contributed by atoms with Gasteiger partial charge in [-0.15, -0.1) is 16.6 Å². The Kier molecular flexibility index (Phi) is 13.2. The van der Waals surface area contributed by atoms with Gasteiger partial charge in [-0.25, -0.2) is 28.1 Å². The first-order valence-corrected chi connectivity index (χ1v) is 16.6. The molecule has 0 amide bonds. The van der Waals surface area contributed by atoms with Crippen molar-refractivity contribution in [3.8, 4) is 47.7 Å². The van der Waals surface area contributed by atoms with Crippen LogP contribution in [-0.2, 0) is 0 Å². The summed E-state index contributed by atoms with van der Waals surface area (Å²) in [6.45, 7) is 3.67. The van der Waals surface area contributed by atoms with Crippen LogP contribution < -0.4 is 9.80 Å². The van der Waals surface area contributed by atoms with Crippen LogP contribution in [0.5, 0.6) is 0 Å². The standard InChI is InChI=1S/C20H16FN5.C15H13FN4.C5H4BrN/c1-14-19(8-7-17-6-4-5-9-23-17)20(25(2)3)24-26(14)18-11-15(13-22)10-16(21)12-18;1-5-14-10(2)20(18-15(14)19(3)4)13-7-11(9-17)6-12(16)8-13;6-5-3-1-2-4-7-5/h4-6,9-12H,1-3H3;1,6-8H,2-4H3;1-4H. The average molecular weight is 772 g/mol. The number of aromatic nitrogens is 6. The van der Waals surface area contributed by atoms with Crippen LogP contribution in [0.4, 0.5) is 20.4 Å². The lowest BCUT2D eigenvalue weighted by atomic mass is 10.2. The van der Waals surface area contributed by atoms with Crippen LogP contribution in [0.25, 0.3) is 11.4 Å². The van der Waals surface area contributed by atoms with Gasteiger partial charge in [0.25, 0.3) is 0 Å². The number of terminal acetylenes is 1. The molecule has 0 aliphatic carbocycles. The number of nitriles is 2. The molecule has 0 spiro atoms. The summed E-state index contributed by atoms with van der Waals surface area (Å²) in [5, 5.41) is 26.9. The van der Waals surface area contributed by atoms with Gasteiger partial charge in [-0.05, 0) is 96.4 Å². The lowest BCUT2D eigenvalue weighted by molar-refractivity contribution is 0.624. The van der Waals surface area contributed by atoms with E-state index in [0.29, 0.717) is 34.3 Å². The maximum atomic E-state index is 13.8. The molecule has 2 aromatic carbocycles. The summed E-state index contributed by atoms with van der Waals surface area (Å²) >= 11 is 3.20. The van der Waals surface area contributed by atoms with Crippen molar-refractivity contribution in [2.45, 2.75) is 13.8 Å². The number of pyridine rings is 2. The van der Waals surface area contributed by atoms with Crippen LogP contribution in [0.1, 0.15) is 39.3 Å². The molecule has 0 aliphatic heterocycles. The second kappa shape index (κ2) is 17.9. The highest BCUT2D eigenvalue weighted by molar-refractivity contribution is 9.10. The molecule has 0 atom stereocenters. The minimum Gasteiger partial charge on any atom is -0.360 e. The van der Waals surface area contributed by atoms with E-state index in [0.717, 1.165) is 21.6 Å². The molecular weight excluding hydrogens is 738 g/mol. The lowest BCUT2D eigenvalue weighted by Gasteiger charge is -2.08. The van der Waals surface area contributed by atoms with Crippen molar-refractivity contribution in [3.05, 3.63) is 141 Å². The van der Waals surface area contributed by atoms with Gasteiger partial charge < -0.3 is 9.80 Å². The Balaban J connectivity index is 0.000000204. The minimum absolute atomic E-state index is 0.238. The molecule has 0 saturated carbocycles. The number of hydrogen-bond acceptors (Lipinski definition) is 8. The molecule has 0 bridgehead atoms. The molecule has 0 N–H and O–H groups in total. The van der Waals surface area contributed by atoms with Gasteiger partial charge in [-0.3, -0.25) is 0 Å². The first kappa shape index (κ1) is 39.0. The van der Waals surface area contributed by atoms with Crippen molar-refractivity contribution in [3.63, 3.8) is 0 Å². The van der Waals surface area contributed by atoms with Gasteiger partial charge >= 0.3 is 0 Å². The maximum Gasteiger partial charge on any atom is 0.166 e. The Bertz CT molecular complexity index is 2400. The highest BCUT2D eigenvalue weighted by Crippen LogP contribution is 2.26. The molecule has 10 nitrogen and oxygen atoms in total. The summed E-state index contributed by atoms with van der Waals surface area (Å²) in [4.78, 5) is 11.7. The largest absolute Gasteiger partial charge is 0.360 e. The van der Waals surface area contributed by atoms with E-state index in [1.165, 1.54) is 24.3 Å². The zero-order valence-electron chi connectivity index (χ0n) is 29.8. The van der Waals surface area contributed by atoms with Crippen molar-refractivity contribution in [1.82, 2.24) is 29.5 Å². The normalized spacial score (nSPS) is 9.77. The summed E-state index contributed by atoms with van der Waals surface area (Å²) in [6.07, 6.45) is 8.93. The van der Waals surface area contributed by atoms with Crippen LogP contribution in [0.3, 0.4) is 0 Å². The quantitative estimate of drug-likeness (QED) is 0.137. The smallest absolute Gasteiger partial charge is 0.166 e. The zero-order valence-corrected chi connectivity index (χ0v) is 31.4. The van der Waals surface area contributed by atoms with Crippen molar-refractivity contribution >= 4 is 27.6 Å². The fourth-order valence-corrected chi connectivity index (χ4v) is 5.12. The van der Waals surface area contributed by atoms with E-state index in [4.69, 9.17) is 16.9 Å². The predicted octanol–water partition coefficient (Wildman–Crippen LogP) is 7.14. The van der Waals surface area contributed by atoms with Gasteiger partial charge in [0.1, 0.15) is 21.9 Å². The van der Waals surface area contributed by atoms with Gasteiger partial charge in [-0.1, -0.05) is 24.0 Å². The highest BCUT2D eigenvalue weighted by atomic mass is 79.9. The van der Waals surface area contributed by atoms with E-state index in [1.807, 2.05) is 95.5 Å². The Labute approximate surface area is 315 Å². The Morgan fingerprint density at radius 3 is 1.55 bits per heavy atom. The fourth-order valence-electron chi connectivity index (χ4n) is 4.85. The van der Waals surface area contributed by atoms with Gasteiger partial charge in [0.15, 0.2) is 11.6 Å². The monoisotopic (exact) mass is 770 g/mol. The third kappa shape index (κ3) is 9.92. The summed E-state index contributed by atoms with van der Waals surface area (Å²) in [6, 6.07) is 23.3. The van der Waals surface area contributed by atoms with Gasteiger partial charge in [0.05, 0.1) is 57.2 Å². The van der Waals surface area contributed by atoms with Crippen molar-refractivity contribution < 1.29 is 8.78 Å². The summed E-state index contributed by atoms with van der Waals surface area (Å²) in [5.41, 5.74) is 4.95. The van der Waals surface area contributed by atoms with Crippen molar-refractivity contribution in [1.29, 1.82) is 10.5 Å². The fraction of sp³-hybridized carbons (Fsp3) is 0.150. The van der Waals surface area contributed by atoms with Crippen LogP contribution >= 0.6 is 15.9 Å². The number of nitrogens with zero attached hydrogens (tertiary/aromatic N) is 10. The van der Waals surface area contributed by atoms with E-state index in [1.54, 1.807) is 38.8 Å². The molecule has 0 fully saturated rings. The predicted molar refractivity (Wildman–Crippen MR) is 205 cm³/mol. The first-order chi connectivity index (χ1) is 25.4. The second-order valence-corrected chi connectivity index (χ2v) is 12.4. The molecule has 0 aliphatic rings. The molecule has 264 valence electrons. The molecule has 4 heterocycles. The number of hydrogen-bond donors (Lipinski definition) is 0. The van der Waals surface area contributed by atoms with Gasteiger partial charge in [0, 0.05) is 40.6 Å². The van der Waals surface area contributed by atoms with E-state index in [-0.39, 0.29) is 11.1 Å². The molecule has 0 unspecified atom stereocenters.